The number of alkyl halides is 3. The van der Waals surface area contributed by atoms with Gasteiger partial charge in [0.15, 0.2) is 11.4 Å². The van der Waals surface area contributed by atoms with Gasteiger partial charge in [0.1, 0.15) is 5.15 Å². The van der Waals surface area contributed by atoms with Crippen molar-refractivity contribution in [1.29, 1.82) is 0 Å². The predicted molar refractivity (Wildman–Crippen MR) is 39.0 cm³/mol. The maximum atomic E-state index is 12.1. The topological polar surface area (TPSA) is 63.1 Å². The molecule has 0 saturated carbocycles. The summed E-state index contributed by atoms with van der Waals surface area (Å²) in [6.07, 6.45) is -4.22. The molecule has 1 heterocycles. The van der Waals surface area contributed by atoms with E-state index >= 15 is 0 Å². The molecule has 4 nitrogen and oxygen atoms in total. The summed E-state index contributed by atoms with van der Waals surface area (Å²) < 4.78 is 36.4. The van der Waals surface area contributed by atoms with Crippen LogP contribution >= 0.6 is 11.6 Å². The van der Waals surface area contributed by atoms with Gasteiger partial charge in [0.25, 0.3) is 0 Å². The summed E-state index contributed by atoms with van der Waals surface area (Å²) in [6.45, 7) is 0. The van der Waals surface area contributed by atoms with Crippen LogP contribution in [-0.2, 0) is 6.18 Å². The first kappa shape index (κ1) is 10.7. The van der Waals surface area contributed by atoms with Crippen LogP contribution in [-0.4, -0.2) is 21.0 Å². The minimum Gasteiger partial charge on any atom is -0.476 e. The van der Waals surface area contributed by atoms with Crippen molar-refractivity contribution in [2.75, 3.05) is 0 Å². The van der Waals surface area contributed by atoms with Crippen molar-refractivity contribution in [3.05, 3.63) is 22.7 Å². The van der Waals surface area contributed by atoms with Gasteiger partial charge in [-0.05, 0) is 0 Å². The van der Waals surface area contributed by atoms with Crippen LogP contribution in [0.3, 0.4) is 0 Å². The summed E-state index contributed by atoms with van der Waals surface area (Å²) in [5, 5.41) is 7.99. The van der Waals surface area contributed by atoms with Crippen LogP contribution in [0, 0.1) is 0 Å². The van der Waals surface area contributed by atoms with E-state index in [1.54, 1.807) is 0 Å². The quantitative estimate of drug-likeness (QED) is 0.794. The average Bonchev–Trinajstić information content (AvgIpc) is 2.01. The molecule has 1 aromatic rings. The lowest BCUT2D eigenvalue weighted by atomic mass is 10.3. The molecule has 0 aliphatic heterocycles. The Morgan fingerprint density at radius 1 is 1.50 bits per heavy atom. The normalized spacial score (nSPS) is 11.4. The number of carboxylic acid groups (broad SMARTS) is 1. The molecule has 0 atom stereocenters. The molecule has 0 fully saturated rings. The number of nitrogens with zero attached hydrogens (tertiary/aromatic N) is 2. The van der Waals surface area contributed by atoms with Gasteiger partial charge in [0.05, 0.1) is 6.20 Å². The van der Waals surface area contributed by atoms with Crippen molar-refractivity contribution in [2.45, 2.75) is 6.18 Å². The first-order chi connectivity index (χ1) is 6.32. The van der Waals surface area contributed by atoms with E-state index in [4.69, 9.17) is 16.7 Å². The van der Waals surface area contributed by atoms with Crippen LogP contribution in [0.5, 0.6) is 0 Å². The SMILES string of the molecule is O=C(O)c1nc(Cl)cnc1C(F)(F)F. The standard InChI is InChI=1S/C6H2ClF3N2O2/c7-2-1-11-4(6(8,9)10)3(12-2)5(13)14/h1H,(H,13,14). The predicted octanol–water partition coefficient (Wildman–Crippen LogP) is 1.85. The number of carboxylic acids is 1. The minimum absolute atomic E-state index is 0.407. The fourth-order valence-electron chi connectivity index (χ4n) is 0.724. The van der Waals surface area contributed by atoms with E-state index in [-0.39, 0.29) is 0 Å². The van der Waals surface area contributed by atoms with Gasteiger partial charge in [-0.1, -0.05) is 11.6 Å². The zero-order valence-corrected chi connectivity index (χ0v) is 7.10. The van der Waals surface area contributed by atoms with E-state index in [9.17, 15) is 18.0 Å². The summed E-state index contributed by atoms with van der Waals surface area (Å²) in [6, 6.07) is 0. The highest BCUT2D eigenvalue weighted by atomic mass is 35.5. The van der Waals surface area contributed by atoms with E-state index in [1.165, 1.54) is 0 Å². The molecule has 0 aliphatic rings. The zero-order chi connectivity index (χ0) is 10.9. The Bertz CT molecular complexity index is 380. The van der Waals surface area contributed by atoms with Crippen LogP contribution < -0.4 is 0 Å². The minimum atomic E-state index is -4.86. The highest BCUT2D eigenvalue weighted by Crippen LogP contribution is 2.29. The Labute approximate surface area is 80.4 Å². The lowest BCUT2D eigenvalue weighted by Crippen LogP contribution is -2.17. The summed E-state index contributed by atoms with van der Waals surface area (Å²) in [5.74, 6) is -1.83. The largest absolute Gasteiger partial charge is 0.476 e. The molecule has 8 heteroatoms. The van der Waals surface area contributed by atoms with Gasteiger partial charge in [-0.25, -0.2) is 14.8 Å². The van der Waals surface area contributed by atoms with E-state index in [2.05, 4.69) is 9.97 Å². The number of hydrogen-bond acceptors (Lipinski definition) is 3. The number of carbonyl (C=O) groups is 1. The first-order valence-electron chi connectivity index (χ1n) is 3.15. The van der Waals surface area contributed by atoms with Crippen LogP contribution in [0.4, 0.5) is 13.2 Å². The van der Waals surface area contributed by atoms with Gasteiger partial charge in [0, 0.05) is 0 Å². The lowest BCUT2D eigenvalue weighted by Gasteiger charge is -2.07. The molecule has 0 saturated heterocycles. The van der Waals surface area contributed by atoms with E-state index in [1.807, 2.05) is 0 Å². The zero-order valence-electron chi connectivity index (χ0n) is 6.34. The summed E-state index contributed by atoms with van der Waals surface area (Å²) in [7, 11) is 0. The molecule has 76 valence electrons. The van der Waals surface area contributed by atoms with Gasteiger partial charge in [-0.15, -0.1) is 0 Å². The van der Waals surface area contributed by atoms with Crippen molar-refractivity contribution in [3.63, 3.8) is 0 Å². The highest BCUT2D eigenvalue weighted by Gasteiger charge is 2.38. The monoisotopic (exact) mass is 226 g/mol. The third-order valence-electron chi connectivity index (χ3n) is 1.21. The Kier molecular flexibility index (Phi) is 2.61. The van der Waals surface area contributed by atoms with Crippen molar-refractivity contribution in [3.8, 4) is 0 Å². The molecule has 1 aromatic heterocycles. The van der Waals surface area contributed by atoms with Crippen molar-refractivity contribution in [2.24, 2.45) is 0 Å². The summed E-state index contributed by atoms with van der Waals surface area (Å²) in [5.41, 5.74) is -2.76. The van der Waals surface area contributed by atoms with Crippen LogP contribution in [0.2, 0.25) is 5.15 Å². The molecular formula is C6H2ClF3N2O2. The maximum Gasteiger partial charge on any atom is 0.435 e. The first-order valence-corrected chi connectivity index (χ1v) is 3.53. The third-order valence-corrected chi connectivity index (χ3v) is 1.40. The molecule has 0 aromatic carbocycles. The molecule has 0 bridgehead atoms. The molecule has 14 heavy (non-hydrogen) atoms. The average molecular weight is 227 g/mol. The van der Waals surface area contributed by atoms with Crippen molar-refractivity contribution >= 4 is 17.6 Å². The van der Waals surface area contributed by atoms with Gasteiger partial charge in [-0.2, -0.15) is 13.2 Å². The second-order valence-electron chi connectivity index (χ2n) is 2.19. The van der Waals surface area contributed by atoms with Crippen LogP contribution in [0.1, 0.15) is 16.2 Å². The Morgan fingerprint density at radius 3 is 2.50 bits per heavy atom. The third kappa shape index (κ3) is 2.11. The molecule has 0 aliphatic carbocycles. The number of rotatable bonds is 1. The Morgan fingerprint density at radius 2 is 2.07 bits per heavy atom. The Hall–Kier alpha value is -1.37. The fraction of sp³-hybridized carbons (Fsp3) is 0.167. The molecule has 0 radical (unpaired) electrons. The molecular weight excluding hydrogens is 225 g/mol. The lowest BCUT2D eigenvalue weighted by molar-refractivity contribution is -0.142. The number of aromatic nitrogens is 2. The molecule has 1 rings (SSSR count). The number of hydrogen-bond donors (Lipinski definition) is 1. The van der Waals surface area contributed by atoms with Gasteiger partial charge < -0.3 is 5.11 Å². The maximum absolute atomic E-state index is 12.1. The Balaban J connectivity index is 3.37. The molecule has 1 N–H and O–H groups in total. The fourth-order valence-corrected chi connectivity index (χ4v) is 0.857. The molecule has 0 spiro atoms. The smallest absolute Gasteiger partial charge is 0.435 e. The second-order valence-corrected chi connectivity index (χ2v) is 2.58. The van der Waals surface area contributed by atoms with Gasteiger partial charge in [0.2, 0.25) is 0 Å². The van der Waals surface area contributed by atoms with Gasteiger partial charge >= 0.3 is 12.1 Å². The van der Waals surface area contributed by atoms with E-state index < -0.39 is 28.7 Å². The number of aromatic carboxylic acids is 1. The highest BCUT2D eigenvalue weighted by molar-refractivity contribution is 6.29. The van der Waals surface area contributed by atoms with E-state index in [0.29, 0.717) is 6.20 Å². The molecule has 0 amide bonds. The van der Waals surface area contributed by atoms with Crippen LogP contribution in [0.15, 0.2) is 6.20 Å². The molecule has 0 unspecified atom stereocenters. The van der Waals surface area contributed by atoms with Crippen LogP contribution in [0.25, 0.3) is 0 Å². The summed E-state index contributed by atoms with van der Waals surface area (Å²) >= 11 is 5.21. The summed E-state index contributed by atoms with van der Waals surface area (Å²) in [4.78, 5) is 16.3. The van der Waals surface area contributed by atoms with E-state index in [0.717, 1.165) is 0 Å². The second kappa shape index (κ2) is 3.41. The number of halogens is 4. The van der Waals surface area contributed by atoms with Crippen molar-refractivity contribution < 1.29 is 23.1 Å². The van der Waals surface area contributed by atoms with Crippen molar-refractivity contribution in [1.82, 2.24) is 9.97 Å². The van der Waals surface area contributed by atoms with Gasteiger partial charge in [-0.3, -0.25) is 0 Å².